The Balaban J connectivity index is 2.00. The van der Waals surface area contributed by atoms with Gasteiger partial charge in [0.25, 0.3) is 11.1 Å². The van der Waals surface area contributed by atoms with Crippen molar-refractivity contribution in [1.29, 1.82) is 0 Å². The van der Waals surface area contributed by atoms with Crippen LogP contribution in [-0.2, 0) is 9.59 Å². The first-order valence-electron chi connectivity index (χ1n) is 5.20. The Morgan fingerprint density at radius 3 is 2.33 bits per heavy atom. The van der Waals surface area contributed by atoms with Gasteiger partial charge in [0.2, 0.25) is 5.91 Å². The standard InChI is InChI=1S/C11H11N3O3S/c1-6(15)12-7-2-4-8(5-3-7)13-10-9(16)14-11(17)18-10/h2-5,10,13H,1H3,(H,12,15)(H,14,16,17). The normalized spacial score (nSPS) is 18.4. The molecule has 3 amide bonds. The van der Waals surface area contributed by atoms with Gasteiger partial charge >= 0.3 is 0 Å². The second-order valence-electron chi connectivity index (χ2n) is 3.68. The summed E-state index contributed by atoms with van der Waals surface area (Å²) in [7, 11) is 0. The highest BCUT2D eigenvalue weighted by Crippen LogP contribution is 2.22. The smallest absolute Gasteiger partial charge is 0.288 e. The number of amides is 3. The molecule has 3 N–H and O–H groups in total. The number of carbonyl (C=O) groups excluding carboxylic acids is 3. The van der Waals surface area contributed by atoms with Crippen molar-refractivity contribution in [3.05, 3.63) is 24.3 Å². The summed E-state index contributed by atoms with van der Waals surface area (Å²) in [4.78, 5) is 33.1. The number of hydrogen-bond donors (Lipinski definition) is 3. The van der Waals surface area contributed by atoms with Gasteiger partial charge in [-0.15, -0.1) is 0 Å². The first-order chi connectivity index (χ1) is 8.54. The van der Waals surface area contributed by atoms with E-state index >= 15 is 0 Å². The molecular formula is C11H11N3O3S. The Labute approximate surface area is 108 Å². The molecule has 0 saturated carbocycles. The lowest BCUT2D eigenvalue weighted by atomic mass is 10.2. The van der Waals surface area contributed by atoms with Crippen molar-refractivity contribution >= 4 is 40.2 Å². The zero-order valence-corrected chi connectivity index (χ0v) is 10.3. The lowest BCUT2D eigenvalue weighted by molar-refractivity contribution is -0.118. The van der Waals surface area contributed by atoms with E-state index in [9.17, 15) is 14.4 Å². The molecular weight excluding hydrogens is 254 g/mol. The molecule has 1 aliphatic heterocycles. The topological polar surface area (TPSA) is 87.3 Å². The Morgan fingerprint density at radius 1 is 1.22 bits per heavy atom. The molecule has 0 spiro atoms. The van der Waals surface area contributed by atoms with Crippen LogP contribution in [0, 0.1) is 0 Å². The zero-order chi connectivity index (χ0) is 13.1. The van der Waals surface area contributed by atoms with Gasteiger partial charge in [-0.25, -0.2) is 0 Å². The molecule has 6 nitrogen and oxygen atoms in total. The van der Waals surface area contributed by atoms with Crippen molar-refractivity contribution in [3.63, 3.8) is 0 Å². The quantitative estimate of drug-likeness (QED) is 0.768. The van der Waals surface area contributed by atoms with Crippen molar-refractivity contribution in [1.82, 2.24) is 5.32 Å². The van der Waals surface area contributed by atoms with Crippen molar-refractivity contribution < 1.29 is 14.4 Å². The molecule has 1 aromatic rings. The van der Waals surface area contributed by atoms with Crippen LogP contribution in [0.1, 0.15) is 6.92 Å². The zero-order valence-electron chi connectivity index (χ0n) is 9.52. The van der Waals surface area contributed by atoms with Crippen LogP contribution in [0.25, 0.3) is 0 Å². The predicted octanol–water partition coefficient (Wildman–Crippen LogP) is 1.37. The summed E-state index contributed by atoms with van der Waals surface area (Å²) in [6.07, 6.45) is 0. The van der Waals surface area contributed by atoms with Crippen molar-refractivity contribution in [2.45, 2.75) is 12.3 Å². The summed E-state index contributed by atoms with van der Waals surface area (Å²) in [5, 5.41) is 6.78. The highest BCUT2D eigenvalue weighted by molar-refractivity contribution is 8.15. The third-order valence-corrected chi connectivity index (χ3v) is 3.08. The predicted molar refractivity (Wildman–Crippen MR) is 69.3 cm³/mol. The molecule has 0 aliphatic carbocycles. The highest BCUT2D eigenvalue weighted by Gasteiger charge is 2.31. The summed E-state index contributed by atoms with van der Waals surface area (Å²) in [6, 6.07) is 6.87. The number of imide groups is 1. The molecule has 0 aromatic heterocycles. The van der Waals surface area contributed by atoms with Crippen LogP contribution < -0.4 is 16.0 Å². The molecule has 1 aromatic carbocycles. The Hall–Kier alpha value is -2.02. The van der Waals surface area contributed by atoms with Crippen LogP contribution in [0.2, 0.25) is 0 Å². The third-order valence-electron chi connectivity index (χ3n) is 2.19. The molecule has 0 radical (unpaired) electrons. The van der Waals surface area contributed by atoms with Crippen molar-refractivity contribution in [2.24, 2.45) is 0 Å². The van der Waals surface area contributed by atoms with Crippen LogP contribution in [0.5, 0.6) is 0 Å². The van der Waals surface area contributed by atoms with Gasteiger partial charge in [-0.2, -0.15) is 0 Å². The minimum atomic E-state index is -0.607. The summed E-state index contributed by atoms with van der Waals surface area (Å²) >= 11 is 0.903. The molecule has 0 bridgehead atoms. The molecule has 1 aliphatic rings. The van der Waals surface area contributed by atoms with E-state index in [1.165, 1.54) is 6.92 Å². The maximum Gasteiger partial charge on any atom is 0.288 e. The molecule has 7 heteroatoms. The number of rotatable bonds is 3. The van der Waals surface area contributed by atoms with Crippen molar-refractivity contribution in [2.75, 3.05) is 10.6 Å². The van der Waals surface area contributed by atoms with Gasteiger partial charge in [0.15, 0.2) is 5.37 Å². The molecule has 1 unspecified atom stereocenters. The van der Waals surface area contributed by atoms with Gasteiger partial charge in [-0.3, -0.25) is 19.7 Å². The lowest BCUT2D eigenvalue weighted by Crippen LogP contribution is -2.29. The van der Waals surface area contributed by atoms with E-state index in [0.29, 0.717) is 11.4 Å². The Morgan fingerprint density at radius 2 is 1.83 bits per heavy atom. The number of benzene rings is 1. The minimum absolute atomic E-state index is 0.146. The fraction of sp³-hybridized carbons (Fsp3) is 0.182. The van der Waals surface area contributed by atoms with E-state index in [1.54, 1.807) is 24.3 Å². The van der Waals surface area contributed by atoms with Crippen LogP contribution in [0.3, 0.4) is 0 Å². The molecule has 2 rings (SSSR count). The SMILES string of the molecule is CC(=O)Nc1ccc(NC2SC(=O)NC2=O)cc1. The van der Waals surface area contributed by atoms with Crippen LogP contribution in [-0.4, -0.2) is 22.4 Å². The van der Waals surface area contributed by atoms with Gasteiger partial charge < -0.3 is 10.6 Å². The fourth-order valence-corrected chi connectivity index (χ4v) is 2.19. The second kappa shape index (κ2) is 5.09. The van der Waals surface area contributed by atoms with E-state index in [-0.39, 0.29) is 17.1 Å². The van der Waals surface area contributed by atoms with E-state index < -0.39 is 5.37 Å². The van der Waals surface area contributed by atoms with Crippen LogP contribution in [0.15, 0.2) is 24.3 Å². The highest BCUT2D eigenvalue weighted by atomic mass is 32.2. The van der Waals surface area contributed by atoms with Gasteiger partial charge in [-0.05, 0) is 36.0 Å². The van der Waals surface area contributed by atoms with E-state index in [0.717, 1.165) is 11.8 Å². The van der Waals surface area contributed by atoms with E-state index in [2.05, 4.69) is 16.0 Å². The maximum absolute atomic E-state index is 11.3. The van der Waals surface area contributed by atoms with Gasteiger partial charge in [0.05, 0.1) is 0 Å². The van der Waals surface area contributed by atoms with Gasteiger partial charge in [0.1, 0.15) is 0 Å². The lowest BCUT2D eigenvalue weighted by Gasteiger charge is -2.10. The van der Waals surface area contributed by atoms with Crippen molar-refractivity contribution in [3.8, 4) is 0 Å². The first kappa shape index (κ1) is 12.4. The summed E-state index contributed by atoms with van der Waals surface area (Å²) in [5.41, 5.74) is 1.37. The summed E-state index contributed by atoms with van der Waals surface area (Å²) < 4.78 is 0. The average molecular weight is 265 g/mol. The summed E-state index contributed by atoms with van der Waals surface area (Å²) in [5.74, 6) is -0.497. The molecule has 1 heterocycles. The Bertz CT molecular complexity index is 501. The molecule has 18 heavy (non-hydrogen) atoms. The Kier molecular flexibility index (Phi) is 3.52. The van der Waals surface area contributed by atoms with E-state index in [1.807, 2.05) is 0 Å². The first-order valence-corrected chi connectivity index (χ1v) is 6.08. The van der Waals surface area contributed by atoms with Gasteiger partial charge in [-0.1, -0.05) is 0 Å². The maximum atomic E-state index is 11.3. The van der Waals surface area contributed by atoms with Crippen LogP contribution in [0.4, 0.5) is 16.2 Å². The minimum Gasteiger partial charge on any atom is -0.365 e. The van der Waals surface area contributed by atoms with Gasteiger partial charge in [0, 0.05) is 18.3 Å². The fourth-order valence-electron chi connectivity index (χ4n) is 1.46. The molecule has 1 saturated heterocycles. The largest absolute Gasteiger partial charge is 0.365 e. The number of anilines is 2. The molecule has 1 atom stereocenters. The van der Waals surface area contributed by atoms with Crippen LogP contribution >= 0.6 is 11.8 Å². The number of hydrogen-bond acceptors (Lipinski definition) is 5. The second-order valence-corrected chi connectivity index (χ2v) is 4.76. The molecule has 94 valence electrons. The number of thioether (sulfide) groups is 1. The molecule has 1 fully saturated rings. The number of carbonyl (C=O) groups is 3. The van der Waals surface area contributed by atoms with E-state index in [4.69, 9.17) is 0 Å². The third kappa shape index (κ3) is 3.01. The average Bonchev–Trinajstić information content (AvgIpc) is 2.59. The summed E-state index contributed by atoms with van der Waals surface area (Å²) in [6.45, 7) is 1.43. The monoisotopic (exact) mass is 265 g/mol. The number of nitrogens with one attached hydrogen (secondary N) is 3.